The highest BCUT2D eigenvalue weighted by atomic mass is 16.5. The quantitative estimate of drug-likeness (QED) is 0.679. The van der Waals surface area contributed by atoms with Gasteiger partial charge in [-0.3, -0.25) is 14.5 Å². The van der Waals surface area contributed by atoms with Crippen LogP contribution in [0, 0.1) is 5.92 Å². The SMILES string of the molecule is CCOC[C@H](O)CN1CCN(C(=O)[C@H]2CC(=O)N(C3CC3)C2)CC1. The summed E-state index contributed by atoms with van der Waals surface area (Å²) in [6.07, 6.45) is 2.08. The first-order valence-electron chi connectivity index (χ1n) is 9.15. The lowest BCUT2D eigenvalue weighted by Crippen LogP contribution is -2.52. The van der Waals surface area contributed by atoms with Crippen LogP contribution in [0.2, 0.25) is 0 Å². The Hall–Kier alpha value is -1.18. The summed E-state index contributed by atoms with van der Waals surface area (Å²) in [5.74, 6) is 0.114. The Morgan fingerprint density at radius 1 is 1.29 bits per heavy atom. The minimum absolute atomic E-state index is 0.126. The number of piperazine rings is 1. The first-order chi connectivity index (χ1) is 11.6. The molecule has 3 fully saturated rings. The Labute approximate surface area is 143 Å². The molecule has 2 atom stereocenters. The van der Waals surface area contributed by atoms with Crippen LogP contribution in [0.25, 0.3) is 0 Å². The Balaban J connectivity index is 1.41. The molecule has 0 radical (unpaired) electrons. The number of hydrogen-bond donors (Lipinski definition) is 1. The van der Waals surface area contributed by atoms with Gasteiger partial charge in [-0.15, -0.1) is 0 Å². The monoisotopic (exact) mass is 339 g/mol. The lowest BCUT2D eigenvalue weighted by Gasteiger charge is -2.36. The molecule has 2 amide bonds. The number of carbonyl (C=O) groups is 2. The van der Waals surface area contributed by atoms with E-state index < -0.39 is 6.10 Å². The number of β-amino-alcohol motifs (C(OH)–C–C–N with tert-alkyl or cyclic N) is 1. The van der Waals surface area contributed by atoms with Crippen LogP contribution in [0.4, 0.5) is 0 Å². The molecule has 0 aromatic rings. The molecular formula is C17H29N3O4. The van der Waals surface area contributed by atoms with Gasteiger partial charge in [0.25, 0.3) is 0 Å². The van der Waals surface area contributed by atoms with Gasteiger partial charge in [0, 0.05) is 58.3 Å². The number of nitrogens with zero attached hydrogens (tertiary/aromatic N) is 3. The zero-order valence-electron chi connectivity index (χ0n) is 14.5. The predicted molar refractivity (Wildman–Crippen MR) is 88.4 cm³/mol. The van der Waals surface area contributed by atoms with Gasteiger partial charge in [0.1, 0.15) is 0 Å². The number of rotatable bonds is 7. The van der Waals surface area contributed by atoms with E-state index in [9.17, 15) is 14.7 Å². The maximum Gasteiger partial charge on any atom is 0.228 e. The molecule has 1 aliphatic carbocycles. The Bertz CT molecular complexity index is 461. The zero-order chi connectivity index (χ0) is 17.1. The summed E-state index contributed by atoms with van der Waals surface area (Å²) in [6, 6.07) is 0.402. The van der Waals surface area contributed by atoms with Crippen LogP contribution in [0.1, 0.15) is 26.2 Å². The minimum Gasteiger partial charge on any atom is -0.389 e. The number of hydrogen-bond acceptors (Lipinski definition) is 5. The van der Waals surface area contributed by atoms with Crippen LogP contribution >= 0.6 is 0 Å². The summed E-state index contributed by atoms with van der Waals surface area (Å²) in [5, 5.41) is 9.91. The summed E-state index contributed by atoms with van der Waals surface area (Å²) in [5.41, 5.74) is 0. The molecule has 24 heavy (non-hydrogen) atoms. The Kier molecular flexibility index (Phi) is 5.73. The number of aliphatic hydroxyl groups is 1. The molecular weight excluding hydrogens is 310 g/mol. The molecule has 0 spiro atoms. The number of aliphatic hydroxyl groups excluding tert-OH is 1. The van der Waals surface area contributed by atoms with Crippen LogP contribution in [0.5, 0.6) is 0 Å². The van der Waals surface area contributed by atoms with Gasteiger partial charge >= 0.3 is 0 Å². The van der Waals surface area contributed by atoms with Crippen molar-refractivity contribution in [3.63, 3.8) is 0 Å². The van der Waals surface area contributed by atoms with Crippen LogP contribution in [0.3, 0.4) is 0 Å². The van der Waals surface area contributed by atoms with Crippen molar-refractivity contribution in [1.29, 1.82) is 0 Å². The van der Waals surface area contributed by atoms with Crippen molar-refractivity contribution in [2.24, 2.45) is 5.92 Å². The highest BCUT2D eigenvalue weighted by Gasteiger charge is 2.43. The van der Waals surface area contributed by atoms with Crippen molar-refractivity contribution in [3.8, 4) is 0 Å². The molecule has 7 heteroatoms. The van der Waals surface area contributed by atoms with Gasteiger partial charge in [0.15, 0.2) is 0 Å². The van der Waals surface area contributed by atoms with Gasteiger partial charge in [-0.2, -0.15) is 0 Å². The minimum atomic E-state index is -0.480. The van der Waals surface area contributed by atoms with Crippen molar-refractivity contribution in [2.45, 2.75) is 38.3 Å². The molecule has 7 nitrogen and oxygen atoms in total. The van der Waals surface area contributed by atoms with E-state index in [4.69, 9.17) is 4.74 Å². The maximum absolute atomic E-state index is 12.7. The molecule has 0 aromatic heterocycles. The second kappa shape index (κ2) is 7.80. The molecule has 136 valence electrons. The first-order valence-corrected chi connectivity index (χ1v) is 9.15. The van der Waals surface area contributed by atoms with E-state index in [2.05, 4.69) is 4.90 Å². The standard InChI is InChI=1S/C17H29N3O4/c1-2-24-12-15(21)11-18-5-7-19(8-6-18)17(23)13-9-16(22)20(10-13)14-3-4-14/h13-15,21H,2-12H2,1H3/t13-,15+/m0/s1. The van der Waals surface area contributed by atoms with Gasteiger partial charge in [-0.05, 0) is 19.8 Å². The van der Waals surface area contributed by atoms with E-state index in [-0.39, 0.29) is 17.7 Å². The molecule has 0 unspecified atom stereocenters. The molecule has 0 bridgehead atoms. The molecule has 0 aromatic carbocycles. The fourth-order valence-electron chi connectivity index (χ4n) is 3.65. The molecule has 1 N–H and O–H groups in total. The van der Waals surface area contributed by atoms with Crippen molar-refractivity contribution < 1.29 is 19.4 Å². The molecule has 2 saturated heterocycles. The number of amides is 2. The van der Waals surface area contributed by atoms with Gasteiger partial charge < -0.3 is 19.6 Å². The molecule has 2 heterocycles. The lowest BCUT2D eigenvalue weighted by molar-refractivity contribution is -0.137. The van der Waals surface area contributed by atoms with Crippen molar-refractivity contribution in [3.05, 3.63) is 0 Å². The fourth-order valence-corrected chi connectivity index (χ4v) is 3.65. The highest BCUT2D eigenvalue weighted by molar-refractivity contribution is 5.89. The zero-order valence-corrected chi connectivity index (χ0v) is 14.5. The smallest absolute Gasteiger partial charge is 0.228 e. The van der Waals surface area contributed by atoms with E-state index in [1.807, 2.05) is 16.7 Å². The average molecular weight is 339 g/mol. The number of likely N-dealkylation sites (tertiary alicyclic amines) is 1. The first kappa shape index (κ1) is 17.6. The summed E-state index contributed by atoms with van der Waals surface area (Å²) in [6.45, 7) is 6.95. The lowest BCUT2D eigenvalue weighted by atomic mass is 10.1. The van der Waals surface area contributed by atoms with Gasteiger partial charge in [-0.1, -0.05) is 0 Å². The van der Waals surface area contributed by atoms with E-state index >= 15 is 0 Å². The number of carbonyl (C=O) groups excluding carboxylic acids is 2. The van der Waals surface area contributed by atoms with Crippen molar-refractivity contribution in [2.75, 3.05) is 52.5 Å². The third kappa shape index (κ3) is 4.26. The van der Waals surface area contributed by atoms with Crippen LogP contribution < -0.4 is 0 Å². The predicted octanol–water partition coefficient (Wildman–Crippen LogP) is -0.461. The Morgan fingerprint density at radius 3 is 2.62 bits per heavy atom. The molecule has 3 aliphatic rings. The molecule has 1 saturated carbocycles. The maximum atomic E-state index is 12.7. The van der Waals surface area contributed by atoms with Gasteiger partial charge in [0.05, 0.1) is 18.6 Å². The summed E-state index contributed by atoms with van der Waals surface area (Å²) in [7, 11) is 0. The third-order valence-corrected chi connectivity index (χ3v) is 5.16. The normalized spacial score (nSPS) is 26.9. The van der Waals surface area contributed by atoms with E-state index in [1.165, 1.54) is 0 Å². The van der Waals surface area contributed by atoms with Gasteiger partial charge in [-0.25, -0.2) is 0 Å². The second-order valence-electron chi connectivity index (χ2n) is 7.12. The van der Waals surface area contributed by atoms with E-state index in [0.29, 0.717) is 51.9 Å². The summed E-state index contributed by atoms with van der Waals surface area (Å²) in [4.78, 5) is 30.6. The highest BCUT2D eigenvalue weighted by Crippen LogP contribution is 2.33. The van der Waals surface area contributed by atoms with E-state index in [0.717, 1.165) is 25.9 Å². The van der Waals surface area contributed by atoms with Crippen molar-refractivity contribution >= 4 is 11.8 Å². The van der Waals surface area contributed by atoms with Gasteiger partial charge in [0.2, 0.25) is 11.8 Å². The molecule has 2 aliphatic heterocycles. The topological polar surface area (TPSA) is 73.3 Å². The van der Waals surface area contributed by atoms with Crippen LogP contribution in [-0.4, -0.2) is 96.2 Å². The molecule has 3 rings (SSSR count). The number of ether oxygens (including phenoxy) is 1. The largest absolute Gasteiger partial charge is 0.389 e. The van der Waals surface area contributed by atoms with Crippen LogP contribution in [0.15, 0.2) is 0 Å². The summed E-state index contributed by atoms with van der Waals surface area (Å²) < 4.78 is 5.23. The fraction of sp³-hybridized carbons (Fsp3) is 0.882. The van der Waals surface area contributed by atoms with E-state index in [1.54, 1.807) is 0 Å². The third-order valence-electron chi connectivity index (χ3n) is 5.16. The Morgan fingerprint density at radius 2 is 2.00 bits per heavy atom. The second-order valence-corrected chi connectivity index (χ2v) is 7.12. The summed E-state index contributed by atoms with van der Waals surface area (Å²) >= 11 is 0. The van der Waals surface area contributed by atoms with Crippen molar-refractivity contribution in [1.82, 2.24) is 14.7 Å². The average Bonchev–Trinajstić information content (AvgIpc) is 3.35. The van der Waals surface area contributed by atoms with Crippen LogP contribution in [-0.2, 0) is 14.3 Å².